The molecule has 0 bridgehead atoms. The average Bonchev–Trinajstić information content (AvgIpc) is 2.69. The number of hydrogen-bond acceptors (Lipinski definition) is 3. The molecule has 1 saturated carbocycles. The summed E-state index contributed by atoms with van der Waals surface area (Å²) in [7, 11) is 0. The molecule has 19 heavy (non-hydrogen) atoms. The number of aliphatic hydroxyl groups is 1. The third kappa shape index (κ3) is 3.30. The lowest BCUT2D eigenvalue weighted by molar-refractivity contribution is 0.0872. The van der Waals surface area contributed by atoms with E-state index in [4.69, 9.17) is 11.6 Å². The molecule has 4 nitrogen and oxygen atoms in total. The third-order valence-electron chi connectivity index (χ3n) is 3.95. The molecular weight excluding hydrogens is 262 g/mol. The molecule has 2 N–H and O–H groups in total. The maximum atomic E-state index is 9.80. The SMILES string of the molecule is Cc1nn(C2CCCC(CO)(NC(C)C)C2)cc1Cl. The summed E-state index contributed by atoms with van der Waals surface area (Å²) in [6.45, 7) is 6.34. The van der Waals surface area contributed by atoms with E-state index in [9.17, 15) is 5.11 Å². The first kappa shape index (κ1) is 14.8. The number of nitrogens with one attached hydrogen (secondary N) is 1. The molecule has 1 fully saturated rings. The normalized spacial score (nSPS) is 28.0. The molecule has 1 aromatic heterocycles. The molecule has 1 heterocycles. The topological polar surface area (TPSA) is 50.1 Å². The minimum absolute atomic E-state index is 0.176. The predicted molar refractivity (Wildman–Crippen MR) is 77.6 cm³/mol. The average molecular weight is 286 g/mol. The van der Waals surface area contributed by atoms with Crippen molar-refractivity contribution in [2.75, 3.05) is 6.61 Å². The Morgan fingerprint density at radius 1 is 1.63 bits per heavy atom. The molecule has 0 aliphatic heterocycles. The summed E-state index contributed by atoms with van der Waals surface area (Å²) in [6, 6.07) is 0.687. The number of halogens is 1. The molecule has 2 atom stereocenters. The van der Waals surface area contributed by atoms with Gasteiger partial charge in [-0.1, -0.05) is 25.4 Å². The van der Waals surface area contributed by atoms with Crippen LogP contribution in [-0.4, -0.2) is 33.1 Å². The highest BCUT2D eigenvalue weighted by atomic mass is 35.5. The van der Waals surface area contributed by atoms with Gasteiger partial charge in [0.1, 0.15) is 0 Å². The highest BCUT2D eigenvalue weighted by Gasteiger charge is 2.37. The minimum atomic E-state index is -0.177. The maximum Gasteiger partial charge on any atom is 0.0815 e. The van der Waals surface area contributed by atoms with Crippen molar-refractivity contribution in [3.63, 3.8) is 0 Å². The Morgan fingerprint density at radius 3 is 2.89 bits per heavy atom. The van der Waals surface area contributed by atoms with E-state index in [-0.39, 0.29) is 12.1 Å². The van der Waals surface area contributed by atoms with Crippen LogP contribution in [0, 0.1) is 6.92 Å². The lowest BCUT2D eigenvalue weighted by atomic mass is 9.79. The number of rotatable bonds is 4. The quantitative estimate of drug-likeness (QED) is 0.894. The second-order valence-corrected chi connectivity index (χ2v) is 6.44. The zero-order chi connectivity index (χ0) is 14.0. The fraction of sp³-hybridized carbons (Fsp3) is 0.786. The largest absolute Gasteiger partial charge is 0.394 e. The Labute approximate surface area is 120 Å². The van der Waals surface area contributed by atoms with Crippen LogP contribution < -0.4 is 5.32 Å². The smallest absolute Gasteiger partial charge is 0.0815 e. The molecule has 1 aromatic rings. The van der Waals surface area contributed by atoms with Crippen LogP contribution in [0.15, 0.2) is 6.20 Å². The maximum absolute atomic E-state index is 9.80. The van der Waals surface area contributed by atoms with E-state index in [0.29, 0.717) is 12.1 Å². The summed E-state index contributed by atoms with van der Waals surface area (Å²) >= 11 is 6.09. The second-order valence-electron chi connectivity index (χ2n) is 6.03. The fourth-order valence-electron chi connectivity index (χ4n) is 3.14. The molecular formula is C14H24ClN3O. The van der Waals surface area contributed by atoms with E-state index in [0.717, 1.165) is 36.4 Å². The van der Waals surface area contributed by atoms with Gasteiger partial charge in [-0.15, -0.1) is 0 Å². The summed E-state index contributed by atoms with van der Waals surface area (Å²) < 4.78 is 1.98. The monoisotopic (exact) mass is 285 g/mol. The van der Waals surface area contributed by atoms with E-state index in [1.807, 2.05) is 17.8 Å². The van der Waals surface area contributed by atoms with Gasteiger partial charge in [0.25, 0.3) is 0 Å². The number of nitrogens with zero attached hydrogens (tertiary/aromatic N) is 2. The van der Waals surface area contributed by atoms with E-state index in [2.05, 4.69) is 24.3 Å². The van der Waals surface area contributed by atoms with Crippen molar-refractivity contribution in [2.45, 2.75) is 64.1 Å². The fourth-order valence-corrected chi connectivity index (χ4v) is 3.27. The van der Waals surface area contributed by atoms with Gasteiger partial charge in [-0.25, -0.2) is 0 Å². The van der Waals surface area contributed by atoms with Crippen LogP contribution in [-0.2, 0) is 0 Å². The number of hydrogen-bond donors (Lipinski definition) is 2. The molecule has 2 rings (SSSR count). The summed E-state index contributed by atoms with van der Waals surface area (Å²) in [5.74, 6) is 0. The Bertz CT molecular complexity index is 413. The first-order valence-electron chi connectivity index (χ1n) is 7.05. The number of aliphatic hydroxyl groups excluding tert-OH is 1. The molecule has 5 heteroatoms. The highest BCUT2D eigenvalue weighted by Crippen LogP contribution is 2.36. The van der Waals surface area contributed by atoms with Crippen LogP contribution >= 0.6 is 11.6 Å². The van der Waals surface area contributed by atoms with E-state index in [1.54, 1.807) is 0 Å². The molecule has 0 radical (unpaired) electrons. The van der Waals surface area contributed by atoms with E-state index >= 15 is 0 Å². The van der Waals surface area contributed by atoms with Gasteiger partial charge in [0.15, 0.2) is 0 Å². The lowest BCUT2D eigenvalue weighted by Crippen LogP contribution is -2.54. The summed E-state index contributed by atoms with van der Waals surface area (Å²) in [6.07, 6.45) is 6.02. The number of aromatic nitrogens is 2. The molecule has 0 amide bonds. The summed E-state index contributed by atoms with van der Waals surface area (Å²) in [5, 5.41) is 18.5. The number of aryl methyl sites for hydroxylation is 1. The summed E-state index contributed by atoms with van der Waals surface area (Å²) in [4.78, 5) is 0. The van der Waals surface area contributed by atoms with E-state index in [1.165, 1.54) is 0 Å². The molecule has 0 saturated heterocycles. The third-order valence-corrected chi connectivity index (χ3v) is 4.32. The molecule has 1 aliphatic carbocycles. The molecule has 1 aliphatic rings. The van der Waals surface area contributed by atoms with Crippen LogP contribution in [0.2, 0.25) is 5.02 Å². The first-order chi connectivity index (χ1) is 8.96. The van der Waals surface area contributed by atoms with Crippen LogP contribution in [0.3, 0.4) is 0 Å². The second kappa shape index (κ2) is 5.81. The Morgan fingerprint density at radius 2 is 2.37 bits per heavy atom. The first-order valence-corrected chi connectivity index (χ1v) is 7.43. The van der Waals surface area contributed by atoms with Crippen molar-refractivity contribution in [2.24, 2.45) is 0 Å². The molecule has 2 unspecified atom stereocenters. The Hall–Kier alpha value is -0.580. The van der Waals surface area contributed by atoms with Gasteiger partial charge in [0.2, 0.25) is 0 Å². The van der Waals surface area contributed by atoms with Crippen LogP contribution in [0.5, 0.6) is 0 Å². The van der Waals surface area contributed by atoms with Crippen molar-refractivity contribution in [1.82, 2.24) is 15.1 Å². The van der Waals surface area contributed by atoms with Gasteiger partial charge in [0, 0.05) is 17.8 Å². The highest BCUT2D eigenvalue weighted by molar-refractivity contribution is 6.31. The van der Waals surface area contributed by atoms with Gasteiger partial charge in [-0.05, 0) is 32.6 Å². The van der Waals surface area contributed by atoms with Crippen LogP contribution in [0.1, 0.15) is 51.3 Å². The lowest BCUT2D eigenvalue weighted by Gasteiger charge is -2.41. The molecule has 0 aromatic carbocycles. The van der Waals surface area contributed by atoms with Gasteiger partial charge < -0.3 is 10.4 Å². The van der Waals surface area contributed by atoms with Crippen molar-refractivity contribution < 1.29 is 5.11 Å². The predicted octanol–water partition coefficient (Wildman–Crippen LogP) is 2.69. The van der Waals surface area contributed by atoms with Crippen molar-refractivity contribution in [3.05, 3.63) is 16.9 Å². The molecule has 108 valence electrons. The van der Waals surface area contributed by atoms with Crippen molar-refractivity contribution >= 4 is 11.6 Å². The Balaban J connectivity index is 2.15. The standard InChI is InChI=1S/C14H24ClN3O/c1-10(2)16-14(9-19)6-4-5-12(7-14)18-8-13(15)11(3)17-18/h8,10,12,16,19H,4-7,9H2,1-3H3. The van der Waals surface area contributed by atoms with Crippen molar-refractivity contribution in [3.8, 4) is 0 Å². The van der Waals surface area contributed by atoms with Gasteiger partial charge in [-0.2, -0.15) is 5.10 Å². The molecule has 0 spiro atoms. The zero-order valence-electron chi connectivity index (χ0n) is 12.0. The van der Waals surface area contributed by atoms with Crippen LogP contribution in [0.25, 0.3) is 0 Å². The van der Waals surface area contributed by atoms with Gasteiger partial charge in [-0.3, -0.25) is 4.68 Å². The summed E-state index contributed by atoms with van der Waals surface area (Å²) in [5.41, 5.74) is 0.697. The van der Waals surface area contributed by atoms with E-state index < -0.39 is 0 Å². The van der Waals surface area contributed by atoms with Crippen LogP contribution in [0.4, 0.5) is 0 Å². The zero-order valence-corrected chi connectivity index (χ0v) is 12.7. The van der Waals surface area contributed by atoms with Gasteiger partial charge in [0.05, 0.1) is 23.4 Å². The van der Waals surface area contributed by atoms with Crippen molar-refractivity contribution in [1.29, 1.82) is 0 Å². The Kier molecular flexibility index (Phi) is 4.54. The van der Waals surface area contributed by atoms with Gasteiger partial charge >= 0.3 is 0 Å². The minimum Gasteiger partial charge on any atom is -0.394 e.